The van der Waals surface area contributed by atoms with Gasteiger partial charge in [-0.1, -0.05) is 18.2 Å². The number of pyridine rings is 1. The summed E-state index contributed by atoms with van der Waals surface area (Å²) in [6, 6.07) is 9.48. The third-order valence-corrected chi connectivity index (χ3v) is 7.41. The van der Waals surface area contributed by atoms with E-state index >= 15 is 0 Å². The molecule has 1 fully saturated rings. The minimum atomic E-state index is -4.82. The van der Waals surface area contributed by atoms with Gasteiger partial charge in [-0.15, -0.1) is 13.2 Å². The van der Waals surface area contributed by atoms with Crippen LogP contribution in [-0.4, -0.2) is 44.4 Å². The fourth-order valence-electron chi connectivity index (χ4n) is 5.08. The standard InChI is InChI=1S/C27H30F3N5O4/c1-17-7-8-19(31-15-17)16-35-21(14-18-5-4-6-20(13-18)39-27(28,29)30)32(2)23-22(35)24(36)34(25(37)33(23)3)12-11-26(38)9-10-26/h4-8,13,15,21,38H,9-12,14,16H2,1-3H3. The van der Waals surface area contributed by atoms with E-state index in [2.05, 4.69) is 9.72 Å². The predicted molar refractivity (Wildman–Crippen MR) is 139 cm³/mol. The first-order chi connectivity index (χ1) is 18.3. The maximum absolute atomic E-state index is 13.8. The Hall–Kier alpha value is -3.80. The Morgan fingerprint density at radius 1 is 1.15 bits per heavy atom. The van der Waals surface area contributed by atoms with Crippen LogP contribution in [0.15, 0.2) is 52.2 Å². The molecule has 1 atom stereocenters. The van der Waals surface area contributed by atoms with Crippen molar-refractivity contribution < 1.29 is 23.0 Å². The highest BCUT2D eigenvalue weighted by atomic mass is 19.4. The van der Waals surface area contributed by atoms with Gasteiger partial charge in [-0.05, 0) is 55.5 Å². The first kappa shape index (κ1) is 26.8. The fraction of sp³-hybridized carbons (Fsp3) is 0.444. The molecule has 2 aromatic heterocycles. The van der Waals surface area contributed by atoms with E-state index in [-0.39, 0.29) is 25.3 Å². The summed E-state index contributed by atoms with van der Waals surface area (Å²) in [5.74, 6) is 0.0730. The number of benzene rings is 1. The average molecular weight is 546 g/mol. The van der Waals surface area contributed by atoms with Gasteiger partial charge in [0.2, 0.25) is 0 Å². The van der Waals surface area contributed by atoms with E-state index in [1.54, 1.807) is 31.3 Å². The Kier molecular flexibility index (Phi) is 6.69. The molecule has 3 heterocycles. The molecule has 5 rings (SSSR count). The second kappa shape index (κ2) is 9.74. The fourth-order valence-corrected chi connectivity index (χ4v) is 5.08. The Labute approximate surface area is 222 Å². The number of hydrogen-bond donors (Lipinski definition) is 1. The first-order valence-corrected chi connectivity index (χ1v) is 12.7. The van der Waals surface area contributed by atoms with Crippen LogP contribution in [0, 0.1) is 6.92 Å². The van der Waals surface area contributed by atoms with Crippen molar-refractivity contribution in [3.05, 3.63) is 80.3 Å². The molecule has 0 saturated heterocycles. The molecular formula is C27H30F3N5O4. The molecule has 0 spiro atoms. The Morgan fingerprint density at radius 2 is 1.90 bits per heavy atom. The van der Waals surface area contributed by atoms with E-state index in [1.165, 1.54) is 22.8 Å². The highest BCUT2D eigenvalue weighted by molar-refractivity contribution is 5.73. The van der Waals surface area contributed by atoms with Crippen LogP contribution in [0.25, 0.3) is 0 Å². The maximum Gasteiger partial charge on any atom is 0.573 e. The molecule has 1 unspecified atom stereocenters. The number of aliphatic hydroxyl groups is 1. The van der Waals surface area contributed by atoms with Crippen LogP contribution >= 0.6 is 0 Å². The monoisotopic (exact) mass is 545 g/mol. The minimum Gasteiger partial charge on any atom is -0.406 e. The summed E-state index contributed by atoms with van der Waals surface area (Å²) >= 11 is 0. The van der Waals surface area contributed by atoms with Crippen molar-refractivity contribution in [2.45, 2.75) is 63.8 Å². The van der Waals surface area contributed by atoms with Crippen molar-refractivity contribution in [1.29, 1.82) is 0 Å². The van der Waals surface area contributed by atoms with Gasteiger partial charge in [-0.3, -0.25) is 18.9 Å². The number of ether oxygens (including phenoxy) is 1. The van der Waals surface area contributed by atoms with E-state index in [4.69, 9.17) is 0 Å². The van der Waals surface area contributed by atoms with Crippen molar-refractivity contribution in [1.82, 2.24) is 14.1 Å². The number of rotatable bonds is 8. The van der Waals surface area contributed by atoms with E-state index in [9.17, 15) is 27.9 Å². The second-order valence-electron chi connectivity index (χ2n) is 10.4. The molecule has 39 heavy (non-hydrogen) atoms. The molecule has 1 saturated carbocycles. The van der Waals surface area contributed by atoms with Crippen molar-refractivity contribution in [3.8, 4) is 5.75 Å². The second-order valence-corrected chi connectivity index (χ2v) is 10.4. The Balaban J connectivity index is 1.56. The van der Waals surface area contributed by atoms with Crippen LogP contribution in [-0.2, 0) is 26.6 Å². The largest absolute Gasteiger partial charge is 0.573 e. The zero-order valence-electron chi connectivity index (χ0n) is 21.9. The van der Waals surface area contributed by atoms with Crippen LogP contribution < -0.4 is 25.8 Å². The lowest BCUT2D eigenvalue weighted by Crippen LogP contribution is -2.44. The van der Waals surface area contributed by atoms with Crippen molar-refractivity contribution in [2.75, 3.05) is 16.8 Å². The summed E-state index contributed by atoms with van der Waals surface area (Å²) in [6.07, 6.45) is -1.80. The summed E-state index contributed by atoms with van der Waals surface area (Å²) in [5.41, 5.74) is 0.712. The van der Waals surface area contributed by atoms with Crippen molar-refractivity contribution in [3.63, 3.8) is 0 Å². The summed E-state index contributed by atoms with van der Waals surface area (Å²) < 4.78 is 45.1. The quantitative estimate of drug-likeness (QED) is 0.465. The van der Waals surface area contributed by atoms with E-state index in [1.807, 2.05) is 24.0 Å². The minimum absolute atomic E-state index is 0.0805. The summed E-state index contributed by atoms with van der Waals surface area (Å²) in [6.45, 7) is 2.23. The van der Waals surface area contributed by atoms with Crippen molar-refractivity contribution >= 4 is 11.5 Å². The molecule has 2 aliphatic rings. The molecular weight excluding hydrogens is 515 g/mol. The smallest absolute Gasteiger partial charge is 0.406 e. The molecule has 208 valence electrons. The molecule has 3 aromatic rings. The lowest BCUT2D eigenvalue weighted by atomic mass is 10.1. The predicted octanol–water partition coefficient (Wildman–Crippen LogP) is 3.09. The van der Waals surface area contributed by atoms with E-state index in [0.717, 1.165) is 10.1 Å². The topological polar surface area (TPSA) is 92.8 Å². The number of nitrogens with zero attached hydrogens (tertiary/aromatic N) is 5. The van der Waals surface area contributed by atoms with E-state index < -0.39 is 29.4 Å². The number of hydrogen-bond acceptors (Lipinski definition) is 7. The third-order valence-electron chi connectivity index (χ3n) is 7.41. The highest BCUT2D eigenvalue weighted by Gasteiger charge is 2.42. The molecule has 0 radical (unpaired) electrons. The average Bonchev–Trinajstić information content (AvgIpc) is 3.54. The van der Waals surface area contributed by atoms with Crippen molar-refractivity contribution in [2.24, 2.45) is 7.05 Å². The van der Waals surface area contributed by atoms with Gasteiger partial charge in [0.25, 0.3) is 5.56 Å². The van der Waals surface area contributed by atoms with Gasteiger partial charge in [-0.25, -0.2) is 4.79 Å². The molecule has 0 amide bonds. The molecule has 12 heteroatoms. The molecule has 1 aliphatic heterocycles. The van der Waals surface area contributed by atoms with Gasteiger partial charge in [0.15, 0.2) is 0 Å². The summed E-state index contributed by atoms with van der Waals surface area (Å²) in [4.78, 5) is 35.2. The first-order valence-electron chi connectivity index (χ1n) is 12.7. The van der Waals surface area contributed by atoms with Gasteiger partial charge < -0.3 is 19.6 Å². The molecule has 1 N–H and O–H groups in total. The molecule has 9 nitrogen and oxygen atoms in total. The number of aromatic nitrogens is 3. The van der Waals surface area contributed by atoms with Gasteiger partial charge >= 0.3 is 12.1 Å². The number of halogens is 3. The highest BCUT2D eigenvalue weighted by Crippen LogP contribution is 2.39. The lowest BCUT2D eigenvalue weighted by Gasteiger charge is -2.30. The Bertz CT molecular complexity index is 1500. The van der Waals surface area contributed by atoms with Gasteiger partial charge in [0.1, 0.15) is 23.4 Å². The lowest BCUT2D eigenvalue weighted by molar-refractivity contribution is -0.274. The van der Waals surface area contributed by atoms with Gasteiger partial charge in [0.05, 0.1) is 17.8 Å². The van der Waals surface area contributed by atoms with Crippen LogP contribution in [0.3, 0.4) is 0 Å². The maximum atomic E-state index is 13.8. The van der Waals surface area contributed by atoms with Crippen LogP contribution in [0.5, 0.6) is 5.75 Å². The normalized spacial score (nSPS) is 17.9. The number of alkyl halides is 3. The van der Waals surface area contributed by atoms with Crippen LogP contribution in [0.1, 0.15) is 36.1 Å². The number of aryl methyl sites for hydroxylation is 1. The summed E-state index contributed by atoms with van der Waals surface area (Å²) in [5, 5.41) is 10.3. The van der Waals surface area contributed by atoms with Crippen LogP contribution in [0.2, 0.25) is 0 Å². The zero-order chi connectivity index (χ0) is 28.1. The van der Waals surface area contributed by atoms with Gasteiger partial charge in [0, 0.05) is 33.3 Å². The SMILES string of the molecule is Cc1ccc(CN2c3c(n(C)c(=O)n(CCC4(O)CC4)c3=O)N(C)C2Cc2cccc(OC(F)(F)F)c2)nc1. The van der Waals surface area contributed by atoms with Crippen LogP contribution in [0.4, 0.5) is 24.7 Å². The number of likely N-dealkylation sites (N-methyl/N-ethyl adjacent to an activating group) is 1. The van der Waals surface area contributed by atoms with E-state index in [0.29, 0.717) is 42.0 Å². The zero-order valence-corrected chi connectivity index (χ0v) is 21.9. The van der Waals surface area contributed by atoms with Gasteiger partial charge in [-0.2, -0.15) is 0 Å². The third kappa shape index (κ3) is 5.51. The molecule has 1 aliphatic carbocycles. The number of fused-ring (bicyclic) bond motifs is 1. The molecule has 1 aromatic carbocycles. The Morgan fingerprint density at radius 3 is 2.54 bits per heavy atom. The molecule has 0 bridgehead atoms. The summed E-state index contributed by atoms with van der Waals surface area (Å²) in [7, 11) is 3.33. The number of anilines is 2.